The third kappa shape index (κ3) is 3.66. The molecule has 1 saturated heterocycles. The second kappa shape index (κ2) is 7.11. The normalized spacial score (nSPS) is 19.4. The maximum absolute atomic E-state index is 13.2. The Morgan fingerprint density at radius 3 is 2.27 bits per heavy atom. The molecule has 0 radical (unpaired) electrons. The quantitative estimate of drug-likeness (QED) is 0.904. The van der Waals surface area contributed by atoms with Gasteiger partial charge in [0.1, 0.15) is 11.5 Å². The van der Waals surface area contributed by atoms with Crippen molar-refractivity contribution >= 4 is 11.9 Å². The van der Waals surface area contributed by atoms with Gasteiger partial charge in [0.05, 0.1) is 5.92 Å². The second-order valence-corrected chi connectivity index (χ2v) is 6.33. The van der Waals surface area contributed by atoms with E-state index in [1.807, 2.05) is 6.92 Å². The number of hydrogen-bond acceptors (Lipinski definition) is 3. The number of nitrogens with zero attached hydrogens (tertiary/aromatic N) is 1. The first kappa shape index (κ1) is 17.8. The fourth-order valence-electron chi connectivity index (χ4n) is 2.98. The molecule has 1 heterocycles. The summed E-state index contributed by atoms with van der Waals surface area (Å²) in [6.07, 6.45) is 0. The van der Waals surface area contributed by atoms with E-state index in [2.05, 4.69) is 0 Å². The fraction of sp³-hybridized carbons (Fsp3) is 0.263. The fourth-order valence-corrected chi connectivity index (χ4v) is 2.98. The molecule has 1 N–H and O–H groups in total. The van der Waals surface area contributed by atoms with Gasteiger partial charge >= 0.3 is 5.97 Å². The van der Waals surface area contributed by atoms with Gasteiger partial charge in [0, 0.05) is 24.7 Å². The van der Waals surface area contributed by atoms with Crippen molar-refractivity contribution in [2.75, 3.05) is 13.1 Å². The minimum Gasteiger partial charge on any atom is -0.481 e. The number of carbonyl (C=O) groups excluding carboxylic acids is 1. The summed E-state index contributed by atoms with van der Waals surface area (Å²) >= 11 is 0. The molecule has 0 saturated carbocycles. The SMILES string of the molecule is C[C@@H]1CN(C(=O)c2ccc(Oc3ccc(F)c(F)c3)cc2)C[C@H]1C(=O)O. The molecular formula is C19H17F2NO4. The van der Waals surface area contributed by atoms with Crippen LogP contribution in [-0.2, 0) is 4.79 Å². The zero-order valence-corrected chi connectivity index (χ0v) is 14.0. The average molecular weight is 361 g/mol. The summed E-state index contributed by atoms with van der Waals surface area (Å²) in [5.41, 5.74) is 0.404. The highest BCUT2D eigenvalue weighted by molar-refractivity contribution is 5.95. The van der Waals surface area contributed by atoms with Crippen molar-refractivity contribution < 1.29 is 28.2 Å². The smallest absolute Gasteiger partial charge is 0.308 e. The number of carboxylic acid groups (broad SMARTS) is 1. The topological polar surface area (TPSA) is 66.8 Å². The number of benzene rings is 2. The Balaban J connectivity index is 1.68. The zero-order chi connectivity index (χ0) is 18.8. The summed E-state index contributed by atoms with van der Waals surface area (Å²) in [5.74, 6) is -3.28. The lowest BCUT2D eigenvalue weighted by molar-refractivity contribution is -0.142. The second-order valence-electron chi connectivity index (χ2n) is 6.33. The van der Waals surface area contributed by atoms with E-state index in [1.54, 1.807) is 24.3 Å². The summed E-state index contributed by atoms with van der Waals surface area (Å²) in [5, 5.41) is 9.16. The van der Waals surface area contributed by atoms with Crippen molar-refractivity contribution in [1.82, 2.24) is 4.90 Å². The molecule has 2 aromatic rings. The van der Waals surface area contributed by atoms with Gasteiger partial charge in [-0.3, -0.25) is 9.59 Å². The van der Waals surface area contributed by atoms with E-state index >= 15 is 0 Å². The number of hydrogen-bond donors (Lipinski definition) is 1. The first-order chi connectivity index (χ1) is 12.3. The largest absolute Gasteiger partial charge is 0.481 e. The van der Waals surface area contributed by atoms with E-state index < -0.39 is 23.5 Å². The van der Waals surface area contributed by atoms with Crippen molar-refractivity contribution in [3.8, 4) is 11.5 Å². The number of rotatable bonds is 4. The molecule has 3 rings (SSSR count). The molecular weight excluding hydrogens is 344 g/mol. The third-order valence-corrected chi connectivity index (χ3v) is 4.44. The number of carboxylic acids is 1. The number of ether oxygens (including phenoxy) is 1. The summed E-state index contributed by atoms with van der Waals surface area (Å²) in [7, 11) is 0. The van der Waals surface area contributed by atoms with Gasteiger partial charge in [-0.25, -0.2) is 8.78 Å². The predicted molar refractivity (Wildman–Crippen MR) is 89.1 cm³/mol. The maximum Gasteiger partial charge on any atom is 0.308 e. The molecule has 0 aromatic heterocycles. The summed E-state index contributed by atoms with van der Waals surface area (Å²) in [4.78, 5) is 25.2. The number of aliphatic carboxylic acids is 1. The molecule has 2 atom stereocenters. The van der Waals surface area contributed by atoms with E-state index in [1.165, 1.54) is 11.0 Å². The Morgan fingerprint density at radius 1 is 1.04 bits per heavy atom. The minimum atomic E-state index is -1.01. The van der Waals surface area contributed by atoms with Gasteiger partial charge in [0.25, 0.3) is 5.91 Å². The van der Waals surface area contributed by atoms with Crippen LogP contribution in [0.25, 0.3) is 0 Å². The molecule has 1 aliphatic heterocycles. The molecule has 1 amide bonds. The highest BCUT2D eigenvalue weighted by Crippen LogP contribution is 2.27. The van der Waals surface area contributed by atoms with Crippen LogP contribution in [-0.4, -0.2) is 35.0 Å². The molecule has 5 nitrogen and oxygen atoms in total. The molecule has 1 aliphatic rings. The van der Waals surface area contributed by atoms with Crippen molar-refractivity contribution in [3.05, 3.63) is 59.7 Å². The van der Waals surface area contributed by atoms with E-state index in [-0.39, 0.29) is 24.1 Å². The molecule has 0 bridgehead atoms. The molecule has 136 valence electrons. The highest BCUT2D eigenvalue weighted by atomic mass is 19.2. The van der Waals surface area contributed by atoms with Crippen LogP contribution in [0.1, 0.15) is 17.3 Å². The monoisotopic (exact) mass is 361 g/mol. The Labute approximate surface area is 148 Å². The van der Waals surface area contributed by atoms with E-state index in [0.29, 0.717) is 17.9 Å². The maximum atomic E-state index is 13.2. The van der Waals surface area contributed by atoms with Crippen LogP contribution in [0.3, 0.4) is 0 Å². The lowest BCUT2D eigenvalue weighted by Crippen LogP contribution is -2.29. The molecule has 1 fully saturated rings. The molecule has 0 aliphatic carbocycles. The first-order valence-corrected chi connectivity index (χ1v) is 8.10. The van der Waals surface area contributed by atoms with Gasteiger partial charge < -0.3 is 14.7 Å². The number of amides is 1. The predicted octanol–water partition coefficient (Wildman–Crippen LogP) is 3.55. The molecule has 7 heteroatoms. The van der Waals surface area contributed by atoms with E-state index in [4.69, 9.17) is 9.84 Å². The van der Waals surface area contributed by atoms with E-state index in [0.717, 1.165) is 12.1 Å². The van der Waals surface area contributed by atoms with Crippen molar-refractivity contribution in [3.63, 3.8) is 0 Å². The standard InChI is InChI=1S/C19H17F2NO4/c1-11-9-22(10-15(11)19(24)25)18(23)12-2-4-13(5-3-12)26-14-6-7-16(20)17(21)8-14/h2-8,11,15H,9-10H2,1H3,(H,24,25)/t11-,15-/m1/s1. The molecule has 26 heavy (non-hydrogen) atoms. The highest BCUT2D eigenvalue weighted by Gasteiger charge is 2.37. The van der Waals surface area contributed by atoms with Crippen LogP contribution in [0.4, 0.5) is 8.78 Å². The Bertz CT molecular complexity index is 838. The van der Waals surface area contributed by atoms with Crippen LogP contribution < -0.4 is 4.74 Å². The summed E-state index contributed by atoms with van der Waals surface area (Å²) in [6.45, 7) is 2.39. The molecule has 2 aromatic carbocycles. The van der Waals surface area contributed by atoms with Gasteiger partial charge in [-0.1, -0.05) is 6.92 Å². The Hall–Kier alpha value is -2.96. The molecule has 0 unspecified atom stereocenters. The number of halogens is 2. The molecule has 0 spiro atoms. The van der Waals surface area contributed by atoms with Gasteiger partial charge in [-0.05, 0) is 42.3 Å². The van der Waals surface area contributed by atoms with Gasteiger partial charge in [-0.15, -0.1) is 0 Å². The van der Waals surface area contributed by atoms with Crippen molar-refractivity contribution in [1.29, 1.82) is 0 Å². The van der Waals surface area contributed by atoms with Crippen molar-refractivity contribution in [2.45, 2.75) is 6.92 Å². The lowest BCUT2D eigenvalue weighted by Gasteiger charge is -2.16. The lowest BCUT2D eigenvalue weighted by atomic mass is 9.99. The zero-order valence-electron chi connectivity index (χ0n) is 14.0. The Morgan fingerprint density at radius 2 is 1.69 bits per heavy atom. The van der Waals surface area contributed by atoms with Gasteiger partial charge in [-0.2, -0.15) is 0 Å². The number of carbonyl (C=O) groups is 2. The summed E-state index contributed by atoms with van der Waals surface area (Å²) < 4.78 is 31.6. The van der Waals surface area contributed by atoms with Crippen LogP contribution in [0.15, 0.2) is 42.5 Å². The van der Waals surface area contributed by atoms with Gasteiger partial charge in [0.15, 0.2) is 11.6 Å². The third-order valence-electron chi connectivity index (χ3n) is 4.44. The van der Waals surface area contributed by atoms with E-state index in [9.17, 15) is 18.4 Å². The van der Waals surface area contributed by atoms with Crippen molar-refractivity contribution in [2.24, 2.45) is 11.8 Å². The average Bonchev–Trinajstić information content (AvgIpc) is 3.00. The van der Waals surface area contributed by atoms with Crippen LogP contribution in [0.2, 0.25) is 0 Å². The number of likely N-dealkylation sites (tertiary alicyclic amines) is 1. The minimum absolute atomic E-state index is 0.104. The van der Waals surface area contributed by atoms with Gasteiger partial charge in [0.2, 0.25) is 0 Å². The summed E-state index contributed by atoms with van der Waals surface area (Å²) in [6, 6.07) is 9.40. The Kier molecular flexibility index (Phi) is 4.88. The first-order valence-electron chi connectivity index (χ1n) is 8.10. The van der Waals surface area contributed by atoms with Crippen LogP contribution >= 0.6 is 0 Å². The van der Waals surface area contributed by atoms with Crippen LogP contribution in [0, 0.1) is 23.5 Å². The van der Waals surface area contributed by atoms with Crippen LogP contribution in [0.5, 0.6) is 11.5 Å².